The Balaban J connectivity index is 1.66. The minimum absolute atomic E-state index is 0.0364. The second kappa shape index (κ2) is 11.2. The topological polar surface area (TPSA) is 106 Å². The normalized spacial score (nSPS) is 14.4. The lowest BCUT2D eigenvalue weighted by atomic mass is 9.87. The van der Waals surface area contributed by atoms with Crippen LogP contribution in [-0.4, -0.2) is 33.7 Å². The zero-order valence-electron chi connectivity index (χ0n) is 17.4. The number of thiazole rings is 1. The van der Waals surface area contributed by atoms with Crippen LogP contribution in [-0.2, 0) is 21.9 Å². The van der Waals surface area contributed by atoms with Gasteiger partial charge in [-0.3, -0.25) is 4.52 Å². The fraction of sp³-hybridized carbons (Fsp3) is 0.571. The van der Waals surface area contributed by atoms with Gasteiger partial charge in [0.25, 0.3) is 0 Å². The van der Waals surface area contributed by atoms with Crippen LogP contribution in [0, 0.1) is 0 Å². The van der Waals surface area contributed by atoms with E-state index < -0.39 is 7.82 Å². The summed E-state index contributed by atoms with van der Waals surface area (Å²) in [5, 5.41) is 0. The molecule has 0 spiro atoms. The van der Waals surface area contributed by atoms with Crippen LogP contribution in [0.2, 0.25) is 0 Å². The van der Waals surface area contributed by atoms with Crippen LogP contribution in [0.25, 0.3) is 10.4 Å². The van der Waals surface area contributed by atoms with E-state index in [2.05, 4.69) is 29.6 Å². The number of unbranched alkanes of at least 4 members (excludes halogenated alkanes) is 2. The Morgan fingerprint density at radius 2 is 2.13 bits per heavy atom. The molecule has 1 aliphatic carbocycles. The number of rotatable bonds is 12. The van der Waals surface area contributed by atoms with Gasteiger partial charge in [-0.05, 0) is 61.3 Å². The van der Waals surface area contributed by atoms with E-state index in [1.807, 2.05) is 23.1 Å². The maximum absolute atomic E-state index is 10.8. The molecule has 1 heterocycles. The second-order valence-corrected chi connectivity index (χ2v) is 11.2. The lowest BCUT2D eigenvalue weighted by Crippen LogP contribution is -2.14. The molecule has 1 aromatic carbocycles. The molecule has 1 atom stereocenters. The van der Waals surface area contributed by atoms with E-state index in [0.717, 1.165) is 25.0 Å². The molecular weight excluding hydrogens is 439 g/mol. The highest BCUT2D eigenvalue weighted by Crippen LogP contribution is 2.42. The summed E-state index contributed by atoms with van der Waals surface area (Å²) in [6.45, 7) is 2.76. The Morgan fingerprint density at radius 1 is 1.30 bits per heavy atom. The number of aromatic nitrogens is 1. The summed E-state index contributed by atoms with van der Waals surface area (Å²) in [6.07, 6.45) is 7.01. The SMILES string of the molecule is CCCCCSc1nc2c(s1)-c1ccc([C@H](CN)CCCOP(=O)(O)O)cc1CC2. The number of phosphoric acid groups is 1. The van der Waals surface area contributed by atoms with Crippen molar-refractivity contribution in [2.45, 2.75) is 62.1 Å². The molecular formula is C21H31N2O4PS2. The Bertz CT molecular complexity index is 884. The number of benzene rings is 1. The molecule has 0 bridgehead atoms. The van der Waals surface area contributed by atoms with Crippen LogP contribution < -0.4 is 5.73 Å². The van der Waals surface area contributed by atoms with Crippen LogP contribution in [0.15, 0.2) is 22.5 Å². The molecule has 4 N–H and O–H groups in total. The molecule has 3 rings (SSSR count). The van der Waals surface area contributed by atoms with Crippen molar-refractivity contribution in [3.63, 3.8) is 0 Å². The van der Waals surface area contributed by atoms with Gasteiger partial charge in [0.2, 0.25) is 0 Å². The molecule has 2 aromatic rings. The summed E-state index contributed by atoms with van der Waals surface area (Å²) in [7, 11) is -4.40. The number of hydrogen-bond acceptors (Lipinski definition) is 6. The lowest BCUT2D eigenvalue weighted by molar-refractivity contribution is 0.192. The first-order valence-electron chi connectivity index (χ1n) is 10.6. The van der Waals surface area contributed by atoms with Crippen molar-refractivity contribution in [1.29, 1.82) is 0 Å². The van der Waals surface area contributed by atoms with Crippen molar-refractivity contribution >= 4 is 30.9 Å². The standard InChI is InChI=1S/C21H31N2O4PS2/c1-2-3-4-12-29-21-23-19-10-8-16-13-15(7-9-18(16)20(19)30-21)17(14-22)6-5-11-27-28(24,25)26/h7,9,13,17H,2-6,8,10-12,14,22H2,1H3,(H2,24,25,26)/t17-/m0/s1. The monoisotopic (exact) mass is 470 g/mol. The summed E-state index contributed by atoms with van der Waals surface area (Å²) in [4.78, 5) is 23.8. The van der Waals surface area contributed by atoms with Gasteiger partial charge in [-0.25, -0.2) is 9.55 Å². The molecule has 30 heavy (non-hydrogen) atoms. The highest BCUT2D eigenvalue weighted by atomic mass is 32.2. The first kappa shape index (κ1) is 23.9. The fourth-order valence-electron chi connectivity index (χ4n) is 3.77. The average Bonchev–Trinajstić information content (AvgIpc) is 3.13. The van der Waals surface area contributed by atoms with Crippen LogP contribution in [0.3, 0.4) is 0 Å². The molecule has 9 heteroatoms. The van der Waals surface area contributed by atoms with Crippen LogP contribution >= 0.6 is 30.9 Å². The third-order valence-electron chi connectivity index (χ3n) is 5.37. The number of fused-ring (bicyclic) bond motifs is 3. The van der Waals surface area contributed by atoms with E-state index in [0.29, 0.717) is 13.0 Å². The number of hydrogen-bond donors (Lipinski definition) is 3. The summed E-state index contributed by atoms with van der Waals surface area (Å²) in [6, 6.07) is 6.59. The minimum Gasteiger partial charge on any atom is -0.330 e. The Morgan fingerprint density at radius 3 is 2.87 bits per heavy atom. The van der Waals surface area contributed by atoms with Crippen molar-refractivity contribution in [3.05, 3.63) is 35.0 Å². The molecule has 1 aliphatic rings. The lowest BCUT2D eigenvalue weighted by Gasteiger charge is -2.20. The zero-order valence-corrected chi connectivity index (χ0v) is 19.9. The summed E-state index contributed by atoms with van der Waals surface area (Å²) in [5.74, 6) is 1.29. The number of thioether (sulfide) groups is 1. The van der Waals surface area contributed by atoms with Gasteiger partial charge >= 0.3 is 7.82 Å². The molecule has 1 aromatic heterocycles. The van der Waals surface area contributed by atoms with Gasteiger partial charge < -0.3 is 15.5 Å². The van der Waals surface area contributed by atoms with E-state index in [-0.39, 0.29) is 12.5 Å². The van der Waals surface area contributed by atoms with Crippen molar-refractivity contribution in [2.75, 3.05) is 18.9 Å². The highest BCUT2D eigenvalue weighted by Gasteiger charge is 2.22. The number of nitrogens with zero attached hydrogens (tertiary/aromatic N) is 1. The van der Waals surface area contributed by atoms with E-state index in [1.54, 1.807) is 0 Å². The maximum Gasteiger partial charge on any atom is 0.469 e. The molecule has 0 saturated carbocycles. The predicted octanol–water partition coefficient (Wildman–Crippen LogP) is 5.12. The van der Waals surface area contributed by atoms with Gasteiger partial charge in [-0.15, -0.1) is 11.3 Å². The first-order valence-corrected chi connectivity index (χ1v) is 13.9. The van der Waals surface area contributed by atoms with E-state index in [9.17, 15) is 4.57 Å². The Kier molecular flexibility index (Phi) is 8.95. The third-order valence-corrected chi connectivity index (χ3v) is 8.25. The zero-order chi connectivity index (χ0) is 21.6. The molecule has 0 amide bonds. The average molecular weight is 471 g/mol. The van der Waals surface area contributed by atoms with Crippen molar-refractivity contribution in [2.24, 2.45) is 5.73 Å². The largest absolute Gasteiger partial charge is 0.469 e. The van der Waals surface area contributed by atoms with E-state index in [4.69, 9.17) is 20.5 Å². The predicted molar refractivity (Wildman–Crippen MR) is 124 cm³/mol. The molecule has 0 saturated heterocycles. The Hall–Kier alpha value is -0.730. The van der Waals surface area contributed by atoms with Crippen LogP contribution in [0.1, 0.15) is 61.8 Å². The van der Waals surface area contributed by atoms with E-state index in [1.165, 1.54) is 50.9 Å². The number of phosphoric ester groups is 1. The summed E-state index contributed by atoms with van der Waals surface area (Å²) in [5.41, 5.74) is 11.0. The van der Waals surface area contributed by atoms with Crippen molar-refractivity contribution in [3.8, 4) is 10.4 Å². The summed E-state index contributed by atoms with van der Waals surface area (Å²) < 4.78 is 16.5. The second-order valence-electron chi connectivity index (χ2n) is 7.63. The summed E-state index contributed by atoms with van der Waals surface area (Å²) >= 11 is 3.69. The maximum atomic E-state index is 10.8. The highest BCUT2D eigenvalue weighted by molar-refractivity contribution is 8.01. The smallest absolute Gasteiger partial charge is 0.330 e. The van der Waals surface area contributed by atoms with Crippen LogP contribution in [0.5, 0.6) is 0 Å². The molecule has 0 fully saturated rings. The fourth-order valence-corrected chi connectivity index (χ4v) is 6.47. The Labute approximate surface area is 186 Å². The van der Waals surface area contributed by atoms with Gasteiger partial charge in [0.05, 0.1) is 17.2 Å². The molecule has 166 valence electrons. The van der Waals surface area contributed by atoms with Crippen LogP contribution in [0.4, 0.5) is 0 Å². The molecule has 0 aliphatic heterocycles. The van der Waals surface area contributed by atoms with Gasteiger partial charge in [-0.2, -0.15) is 0 Å². The van der Waals surface area contributed by atoms with Gasteiger partial charge in [0.15, 0.2) is 4.34 Å². The number of aryl methyl sites for hydroxylation is 2. The van der Waals surface area contributed by atoms with Gasteiger partial charge in [0.1, 0.15) is 0 Å². The molecule has 0 unspecified atom stereocenters. The molecule has 6 nitrogen and oxygen atoms in total. The van der Waals surface area contributed by atoms with Gasteiger partial charge in [-0.1, -0.05) is 49.7 Å². The van der Waals surface area contributed by atoms with E-state index >= 15 is 0 Å². The van der Waals surface area contributed by atoms with Gasteiger partial charge in [0, 0.05) is 5.75 Å². The number of nitrogens with two attached hydrogens (primary N) is 1. The third kappa shape index (κ3) is 6.63. The van der Waals surface area contributed by atoms with Crippen molar-refractivity contribution in [1.82, 2.24) is 4.98 Å². The molecule has 0 radical (unpaired) electrons. The first-order chi connectivity index (χ1) is 14.4. The minimum atomic E-state index is -4.40. The van der Waals surface area contributed by atoms with Crippen molar-refractivity contribution < 1.29 is 18.9 Å². The quantitative estimate of drug-likeness (QED) is 0.224.